The molecule has 0 atom stereocenters. The van der Waals surface area contributed by atoms with E-state index in [-0.39, 0.29) is 29.9 Å². The number of halogens is 1. The lowest BCUT2D eigenvalue weighted by Crippen LogP contribution is -2.47. The van der Waals surface area contributed by atoms with Crippen LogP contribution in [0.2, 0.25) is 0 Å². The SMILES string of the molecule is CN=C(NCCSC)NCC(=O)N1CCC(Cc2ccccc2)CC1.I. The number of guanidine groups is 1. The Balaban J connectivity index is 0.00000338. The molecule has 1 saturated heterocycles. The maximum atomic E-state index is 12.4. The van der Waals surface area contributed by atoms with Gasteiger partial charge in [-0.05, 0) is 37.0 Å². The van der Waals surface area contributed by atoms with E-state index in [1.165, 1.54) is 5.56 Å². The van der Waals surface area contributed by atoms with Crippen molar-refractivity contribution in [3.63, 3.8) is 0 Å². The lowest BCUT2D eigenvalue weighted by Gasteiger charge is -2.32. The number of nitrogens with zero attached hydrogens (tertiary/aromatic N) is 2. The number of piperidine rings is 1. The fraction of sp³-hybridized carbons (Fsp3) is 0.579. The van der Waals surface area contributed by atoms with Gasteiger partial charge in [-0.25, -0.2) is 0 Å². The van der Waals surface area contributed by atoms with E-state index in [2.05, 4.69) is 52.2 Å². The van der Waals surface area contributed by atoms with Crippen LogP contribution >= 0.6 is 35.7 Å². The predicted molar refractivity (Wildman–Crippen MR) is 123 cm³/mol. The Labute approximate surface area is 178 Å². The van der Waals surface area contributed by atoms with Gasteiger partial charge in [0.2, 0.25) is 5.91 Å². The topological polar surface area (TPSA) is 56.7 Å². The third kappa shape index (κ3) is 8.16. The summed E-state index contributed by atoms with van der Waals surface area (Å²) in [7, 11) is 1.73. The highest BCUT2D eigenvalue weighted by molar-refractivity contribution is 14.0. The summed E-state index contributed by atoms with van der Waals surface area (Å²) in [6.07, 6.45) is 5.36. The highest BCUT2D eigenvalue weighted by Gasteiger charge is 2.22. The van der Waals surface area contributed by atoms with Gasteiger partial charge in [0, 0.05) is 32.4 Å². The van der Waals surface area contributed by atoms with Gasteiger partial charge < -0.3 is 15.5 Å². The number of nitrogens with one attached hydrogen (secondary N) is 2. The lowest BCUT2D eigenvalue weighted by atomic mass is 9.90. The van der Waals surface area contributed by atoms with Crippen LogP contribution in [0.3, 0.4) is 0 Å². The fourth-order valence-corrected chi connectivity index (χ4v) is 3.40. The summed E-state index contributed by atoms with van der Waals surface area (Å²) in [5, 5.41) is 6.33. The summed E-state index contributed by atoms with van der Waals surface area (Å²) in [6.45, 7) is 2.87. The van der Waals surface area contributed by atoms with Crippen molar-refractivity contribution in [2.45, 2.75) is 19.3 Å². The molecule has 146 valence electrons. The quantitative estimate of drug-likeness (QED) is 0.267. The van der Waals surface area contributed by atoms with Crippen LogP contribution in [0.4, 0.5) is 0 Å². The van der Waals surface area contributed by atoms with E-state index in [1.807, 2.05) is 4.90 Å². The zero-order chi connectivity index (χ0) is 17.9. The second-order valence-electron chi connectivity index (χ2n) is 6.36. The largest absolute Gasteiger partial charge is 0.356 e. The van der Waals surface area contributed by atoms with E-state index in [4.69, 9.17) is 0 Å². The standard InChI is InChI=1S/C19H30N4OS.HI/c1-20-19(21-10-13-25-2)22-15-18(24)23-11-8-17(9-12-23)14-16-6-4-3-5-7-16;/h3-7,17H,8-15H2,1-2H3,(H2,20,21,22);1H. The second-order valence-corrected chi connectivity index (χ2v) is 7.34. The molecule has 0 spiro atoms. The monoisotopic (exact) mass is 490 g/mol. The van der Waals surface area contributed by atoms with Crippen molar-refractivity contribution in [3.05, 3.63) is 35.9 Å². The van der Waals surface area contributed by atoms with Gasteiger partial charge in [0.15, 0.2) is 5.96 Å². The maximum absolute atomic E-state index is 12.4. The molecular formula is C19H31IN4OS. The van der Waals surface area contributed by atoms with Gasteiger partial charge in [-0.2, -0.15) is 11.8 Å². The minimum absolute atomic E-state index is 0. The first-order valence-corrected chi connectivity index (χ1v) is 10.4. The Morgan fingerprint density at radius 2 is 1.92 bits per heavy atom. The molecule has 26 heavy (non-hydrogen) atoms. The summed E-state index contributed by atoms with van der Waals surface area (Å²) in [5.41, 5.74) is 1.40. The molecule has 0 aliphatic carbocycles. The molecule has 1 aromatic rings. The number of hydrogen-bond donors (Lipinski definition) is 2. The first-order valence-electron chi connectivity index (χ1n) is 8.98. The van der Waals surface area contributed by atoms with E-state index < -0.39 is 0 Å². The van der Waals surface area contributed by atoms with Gasteiger partial charge in [-0.3, -0.25) is 9.79 Å². The Kier molecular flexibility index (Phi) is 11.8. The van der Waals surface area contributed by atoms with Crippen LogP contribution in [0.5, 0.6) is 0 Å². The number of carbonyl (C=O) groups excluding carboxylic acids is 1. The zero-order valence-electron chi connectivity index (χ0n) is 15.7. The number of amides is 1. The normalized spacial score (nSPS) is 15.3. The molecule has 0 saturated carbocycles. The van der Waals surface area contributed by atoms with Crippen LogP contribution in [0, 0.1) is 5.92 Å². The first-order chi connectivity index (χ1) is 12.2. The maximum Gasteiger partial charge on any atom is 0.241 e. The number of benzene rings is 1. The van der Waals surface area contributed by atoms with Gasteiger partial charge in [-0.15, -0.1) is 24.0 Å². The van der Waals surface area contributed by atoms with Crippen molar-refractivity contribution in [2.24, 2.45) is 10.9 Å². The van der Waals surface area contributed by atoms with Crippen molar-refractivity contribution in [3.8, 4) is 0 Å². The molecule has 1 aliphatic rings. The number of carbonyl (C=O) groups is 1. The minimum Gasteiger partial charge on any atom is -0.356 e. The summed E-state index contributed by atoms with van der Waals surface area (Å²) in [4.78, 5) is 18.5. The average molecular weight is 490 g/mol. The second kappa shape index (κ2) is 13.2. The Hall–Kier alpha value is -0.960. The number of thioether (sulfide) groups is 1. The molecule has 2 rings (SSSR count). The van der Waals surface area contributed by atoms with Gasteiger partial charge in [0.25, 0.3) is 0 Å². The Bertz CT molecular complexity index is 548. The molecule has 0 aromatic heterocycles. The molecule has 0 bridgehead atoms. The van der Waals surface area contributed by atoms with Crippen molar-refractivity contribution >= 4 is 47.6 Å². The molecule has 2 N–H and O–H groups in total. The average Bonchev–Trinajstić information content (AvgIpc) is 2.66. The van der Waals surface area contributed by atoms with Crippen molar-refractivity contribution in [2.75, 3.05) is 45.2 Å². The number of hydrogen-bond acceptors (Lipinski definition) is 3. The molecule has 1 aromatic carbocycles. The van der Waals surface area contributed by atoms with E-state index >= 15 is 0 Å². The smallest absolute Gasteiger partial charge is 0.241 e. The van der Waals surface area contributed by atoms with Crippen LogP contribution in [-0.4, -0.2) is 62.0 Å². The predicted octanol–water partition coefficient (Wildman–Crippen LogP) is 2.61. The fourth-order valence-electron chi connectivity index (χ4n) is 3.10. The molecule has 0 unspecified atom stereocenters. The van der Waals surface area contributed by atoms with E-state index in [0.29, 0.717) is 18.4 Å². The highest BCUT2D eigenvalue weighted by Crippen LogP contribution is 2.21. The van der Waals surface area contributed by atoms with Gasteiger partial charge in [0.05, 0.1) is 6.54 Å². The minimum atomic E-state index is 0. The van der Waals surface area contributed by atoms with Crippen molar-refractivity contribution in [1.29, 1.82) is 0 Å². The molecule has 1 aliphatic heterocycles. The first kappa shape index (κ1) is 23.1. The summed E-state index contributed by atoms with van der Waals surface area (Å²) >= 11 is 1.78. The van der Waals surface area contributed by atoms with Crippen LogP contribution in [-0.2, 0) is 11.2 Å². The van der Waals surface area contributed by atoms with Crippen molar-refractivity contribution in [1.82, 2.24) is 15.5 Å². The van der Waals surface area contributed by atoms with Gasteiger partial charge >= 0.3 is 0 Å². The van der Waals surface area contributed by atoms with Crippen LogP contribution in [0.1, 0.15) is 18.4 Å². The van der Waals surface area contributed by atoms with Crippen LogP contribution in [0.15, 0.2) is 35.3 Å². The third-order valence-electron chi connectivity index (χ3n) is 4.56. The van der Waals surface area contributed by atoms with E-state index in [0.717, 1.165) is 44.6 Å². The molecule has 1 amide bonds. The summed E-state index contributed by atoms with van der Waals surface area (Å²) in [5.74, 6) is 2.55. The Morgan fingerprint density at radius 1 is 1.23 bits per heavy atom. The van der Waals surface area contributed by atoms with E-state index in [9.17, 15) is 4.79 Å². The van der Waals surface area contributed by atoms with Crippen LogP contribution in [0.25, 0.3) is 0 Å². The molecule has 1 fully saturated rings. The highest BCUT2D eigenvalue weighted by atomic mass is 127. The number of likely N-dealkylation sites (tertiary alicyclic amines) is 1. The van der Waals surface area contributed by atoms with E-state index in [1.54, 1.807) is 18.8 Å². The molecular weight excluding hydrogens is 459 g/mol. The lowest BCUT2D eigenvalue weighted by molar-refractivity contribution is -0.131. The summed E-state index contributed by atoms with van der Waals surface area (Å²) in [6, 6.07) is 10.6. The number of rotatable bonds is 7. The zero-order valence-corrected chi connectivity index (χ0v) is 18.9. The molecule has 0 radical (unpaired) electrons. The number of aliphatic imine (C=N–C) groups is 1. The molecule has 1 heterocycles. The third-order valence-corrected chi connectivity index (χ3v) is 5.18. The van der Waals surface area contributed by atoms with Gasteiger partial charge in [-0.1, -0.05) is 30.3 Å². The molecule has 7 heteroatoms. The summed E-state index contributed by atoms with van der Waals surface area (Å²) < 4.78 is 0. The van der Waals surface area contributed by atoms with Crippen LogP contribution < -0.4 is 10.6 Å². The molecule has 5 nitrogen and oxygen atoms in total. The van der Waals surface area contributed by atoms with Crippen molar-refractivity contribution < 1.29 is 4.79 Å². The Morgan fingerprint density at radius 3 is 2.54 bits per heavy atom. The van der Waals surface area contributed by atoms with Gasteiger partial charge in [0.1, 0.15) is 0 Å².